The lowest BCUT2D eigenvalue weighted by Gasteiger charge is -2.27. The van der Waals surface area contributed by atoms with E-state index in [9.17, 15) is 5.11 Å². The first-order chi connectivity index (χ1) is 7.68. The van der Waals surface area contributed by atoms with E-state index in [2.05, 4.69) is 5.32 Å². The minimum atomic E-state index is -0.456. The van der Waals surface area contributed by atoms with Crippen molar-refractivity contribution in [2.75, 3.05) is 13.1 Å². The molecule has 1 fully saturated rings. The van der Waals surface area contributed by atoms with E-state index in [0.29, 0.717) is 10.0 Å². The predicted octanol–water partition coefficient (Wildman–Crippen LogP) is 3.03. The van der Waals surface area contributed by atoms with Crippen LogP contribution in [0.5, 0.6) is 0 Å². The standard InChI is InChI=1S/C12H15Cl2NO/c13-10-4-3-8(6-11(10)14)12(16)9-2-1-5-15-7-9/h3-4,6,9,12,15-16H,1-2,5,7H2. The summed E-state index contributed by atoms with van der Waals surface area (Å²) in [5, 5.41) is 14.5. The molecule has 2 atom stereocenters. The average Bonchev–Trinajstić information content (AvgIpc) is 2.33. The molecule has 16 heavy (non-hydrogen) atoms. The van der Waals surface area contributed by atoms with Crippen LogP contribution < -0.4 is 5.32 Å². The van der Waals surface area contributed by atoms with Crippen molar-refractivity contribution in [3.8, 4) is 0 Å². The Morgan fingerprint density at radius 2 is 2.12 bits per heavy atom. The van der Waals surface area contributed by atoms with Crippen molar-refractivity contribution in [2.24, 2.45) is 5.92 Å². The maximum atomic E-state index is 10.2. The monoisotopic (exact) mass is 259 g/mol. The lowest BCUT2D eigenvalue weighted by Crippen LogP contribution is -2.33. The number of hydrogen-bond acceptors (Lipinski definition) is 2. The molecule has 88 valence electrons. The maximum Gasteiger partial charge on any atom is 0.0830 e. The Balaban J connectivity index is 2.12. The van der Waals surface area contributed by atoms with E-state index < -0.39 is 6.10 Å². The number of aliphatic hydroxyl groups excluding tert-OH is 1. The van der Waals surface area contributed by atoms with Gasteiger partial charge in [0.1, 0.15) is 0 Å². The fourth-order valence-electron chi connectivity index (χ4n) is 2.12. The topological polar surface area (TPSA) is 32.3 Å². The summed E-state index contributed by atoms with van der Waals surface area (Å²) in [4.78, 5) is 0. The van der Waals surface area contributed by atoms with E-state index in [4.69, 9.17) is 23.2 Å². The Morgan fingerprint density at radius 1 is 1.31 bits per heavy atom. The van der Waals surface area contributed by atoms with Crippen molar-refractivity contribution in [1.82, 2.24) is 5.32 Å². The van der Waals surface area contributed by atoms with Crippen LogP contribution in [0.15, 0.2) is 18.2 Å². The second-order valence-corrected chi connectivity index (χ2v) is 5.04. The van der Waals surface area contributed by atoms with Gasteiger partial charge in [0.2, 0.25) is 0 Å². The summed E-state index contributed by atoms with van der Waals surface area (Å²) in [5.41, 5.74) is 0.850. The van der Waals surface area contributed by atoms with Crippen LogP contribution in [0.4, 0.5) is 0 Å². The summed E-state index contributed by atoms with van der Waals surface area (Å²) in [7, 11) is 0. The zero-order valence-corrected chi connectivity index (χ0v) is 10.4. The molecule has 4 heteroatoms. The summed E-state index contributed by atoms with van der Waals surface area (Å²) in [6, 6.07) is 5.33. The minimum Gasteiger partial charge on any atom is -0.388 e. The van der Waals surface area contributed by atoms with Gasteiger partial charge in [0, 0.05) is 12.5 Å². The van der Waals surface area contributed by atoms with Crippen LogP contribution in [0.25, 0.3) is 0 Å². The van der Waals surface area contributed by atoms with Gasteiger partial charge >= 0.3 is 0 Å². The van der Waals surface area contributed by atoms with Crippen LogP contribution >= 0.6 is 23.2 Å². The van der Waals surface area contributed by atoms with Crippen molar-refractivity contribution in [2.45, 2.75) is 18.9 Å². The van der Waals surface area contributed by atoms with Gasteiger partial charge in [-0.3, -0.25) is 0 Å². The second-order valence-electron chi connectivity index (χ2n) is 4.22. The molecule has 0 radical (unpaired) electrons. The summed E-state index contributed by atoms with van der Waals surface area (Å²) in [6.45, 7) is 1.91. The first kappa shape index (κ1) is 12.2. The van der Waals surface area contributed by atoms with Gasteiger partial charge < -0.3 is 10.4 Å². The lowest BCUT2D eigenvalue weighted by atomic mass is 9.89. The molecule has 2 unspecified atom stereocenters. The van der Waals surface area contributed by atoms with Gasteiger partial charge in [-0.25, -0.2) is 0 Å². The van der Waals surface area contributed by atoms with E-state index in [1.54, 1.807) is 12.1 Å². The molecule has 0 aromatic heterocycles. The van der Waals surface area contributed by atoms with Crippen LogP contribution in [0.2, 0.25) is 10.0 Å². The zero-order valence-electron chi connectivity index (χ0n) is 8.92. The number of benzene rings is 1. The molecule has 0 saturated carbocycles. The summed E-state index contributed by atoms with van der Waals surface area (Å²) in [6.07, 6.45) is 1.71. The Bertz CT molecular complexity index is 364. The molecule has 0 aliphatic carbocycles. The highest BCUT2D eigenvalue weighted by molar-refractivity contribution is 6.42. The molecular weight excluding hydrogens is 245 g/mol. The molecule has 2 nitrogen and oxygen atoms in total. The lowest BCUT2D eigenvalue weighted by molar-refractivity contribution is 0.0922. The highest BCUT2D eigenvalue weighted by Gasteiger charge is 2.23. The molecule has 1 aromatic carbocycles. The number of nitrogens with one attached hydrogen (secondary N) is 1. The predicted molar refractivity (Wildman–Crippen MR) is 67.0 cm³/mol. The van der Waals surface area contributed by atoms with Crippen LogP contribution in [0.3, 0.4) is 0 Å². The molecule has 1 aromatic rings. The number of rotatable bonds is 2. The summed E-state index contributed by atoms with van der Waals surface area (Å²) in [5.74, 6) is 0.269. The normalized spacial score (nSPS) is 23.1. The van der Waals surface area contributed by atoms with Gasteiger partial charge in [-0.2, -0.15) is 0 Å². The zero-order chi connectivity index (χ0) is 11.5. The average molecular weight is 260 g/mol. The van der Waals surface area contributed by atoms with E-state index in [1.807, 2.05) is 6.07 Å². The number of piperidine rings is 1. The van der Waals surface area contributed by atoms with E-state index >= 15 is 0 Å². The number of hydrogen-bond donors (Lipinski definition) is 2. The fourth-order valence-corrected chi connectivity index (χ4v) is 2.42. The molecule has 1 saturated heterocycles. The van der Waals surface area contributed by atoms with Crippen LogP contribution in [0.1, 0.15) is 24.5 Å². The summed E-state index contributed by atoms with van der Waals surface area (Å²) < 4.78 is 0. The van der Waals surface area contributed by atoms with Gasteiger partial charge in [0.05, 0.1) is 16.1 Å². The van der Waals surface area contributed by atoms with E-state index in [-0.39, 0.29) is 5.92 Å². The first-order valence-corrected chi connectivity index (χ1v) is 6.28. The molecule has 2 rings (SSSR count). The van der Waals surface area contributed by atoms with Crippen molar-refractivity contribution in [1.29, 1.82) is 0 Å². The third-order valence-electron chi connectivity index (χ3n) is 3.07. The third kappa shape index (κ3) is 2.69. The molecule has 1 aliphatic heterocycles. The quantitative estimate of drug-likeness (QED) is 0.856. The SMILES string of the molecule is OC(c1ccc(Cl)c(Cl)c1)C1CCCNC1. The molecule has 1 heterocycles. The Labute approximate surface area is 106 Å². The molecule has 1 aliphatic rings. The number of aliphatic hydroxyl groups is 1. The Kier molecular flexibility index (Phi) is 4.09. The highest BCUT2D eigenvalue weighted by atomic mass is 35.5. The van der Waals surface area contributed by atoms with Crippen molar-refractivity contribution < 1.29 is 5.11 Å². The minimum absolute atomic E-state index is 0.269. The van der Waals surface area contributed by atoms with Gasteiger partial charge in [-0.1, -0.05) is 29.3 Å². The number of halogens is 2. The van der Waals surface area contributed by atoms with Crippen molar-refractivity contribution >= 4 is 23.2 Å². The Hall–Kier alpha value is -0.280. The molecule has 0 bridgehead atoms. The first-order valence-electron chi connectivity index (χ1n) is 5.52. The third-order valence-corrected chi connectivity index (χ3v) is 3.81. The molecule has 2 N–H and O–H groups in total. The van der Waals surface area contributed by atoms with E-state index in [0.717, 1.165) is 31.5 Å². The fraction of sp³-hybridized carbons (Fsp3) is 0.500. The van der Waals surface area contributed by atoms with Gasteiger partial charge in [-0.05, 0) is 37.1 Å². The summed E-state index contributed by atoms with van der Waals surface area (Å²) >= 11 is 11.8. The van der Waals surface area contributed by atoms with Gasteiger partial charge in [0.15, 0.2) is 0 Å². The maximum absolute atomic E-state index is 10.2. The van der Waals surface area contributed by atoms with Gasteiger partial charge in [0.25, 0.3) is 0 Å². The van der Waals surface area contributed by atoms with Crippen molar-refractivity contribution in [3.63, 3.8) is 0 Å². The van der Waals surface area contributed by atoms with Crippen LogP contribution in [0, 0.1) is 5.92 Å². The largest absolute Gasteiger partial charge is 0.388 e. The second kappa shape index (κ2) is 5.37. The molecule has 0 spiro atoms. The van der Waals surface area contributed by atoms with Crippen molar-refractivity contribution in [3.05, 3.63) is 33.8 Å². The van der Waals surface area contributed by atoms with Crippen LogP contribution in [-0.2, 0) is 0 Å². The molecule has 0 amide bonds. The smallest absolute Gasteiger partial charge is 0.0830 e. The highest BCUT2D eigenvalue weighted by Crippen LogP contribution is 2.31. The van der Waals surface area contributed by atoms with Crippen LogP contribution in [-0.4, -0.2) is 18.2 Å². The molecular formula is C12H15Cl2NO. The van der Waals surface area contributed by atoms with E-state index in [1.165, 1.54) is 0 Å². The van der Waals surface area contributed by atoms with Gasteiger partial charge in [-0.15, -0.1) is 0 Å². The Morgan fingerprint density at radius 3 is 2.75 bits per heavy atom.